The van der Waals surface area contributed by atoms with Gasteiger partial charge in [0.25, 0.3) is 0 Å². The average molecular weight is 260 g/mol. The van der Waals surface area contributed by atoms with Crippen LogP contribution in [0.3, 0.4) is 0 Å². The van der Waals surface area contributed by atoms with Crippen LogP contribution in [0.25, 0.3) is 0 Å². The summed E-state index contributed by atoms with van der Waals surface area (Å²) in [5.74, 6) is -0.461. The van der Waals surface area contributed by atoms with Crippen LogP contribution in [0.4, 0.5) is 0 Å². The lowest BCUT2D eigenvalue weighted by Crippen LogP contribution is -2.15. The molecule has 1 aromatic carbocycles. The minimum absolute atomic E-state index is 0.459. The first kappa shape index (κ1) is 13.2. The topological polar surface area (TPSA) is 94.0 Å². The Bertz CT molecular complexity index is 599. The number of carbonyl (C=O) groups is 1. The van der Waals surface area contributed by atoms with Gasteiger partial charge in [0.1, 0.15) is 11.3 Å². The van der Waals surface area contributed by atoms with E-state index in [1.54, 1.807) is 42.9 Å². The maximum atomic E-state index is 11.1. The lowest BCUT2D eigenvalue weighted by molar-refractivity contribution is 0.0737. The number of amides is 1. The van der Waals surface area contributed by atoms with Gasteiger partial charge in [0.05, 0.1) is 12.7 Å². The molecule has 2 aromatic rings. The summed E-state index contributed by atoms with van der Waals surface area (Å²) in [5.41, 5.74) is 6.06. The molecule has 0 saturated carbocycles. The Kier molecular flexibility index (Phi) is 3.35. The van der Waals surface area contributed by atoms with Crippen LogP contribution in [0.1, 0.15) is 35.5 Å². The number of rotatable bonds is 4. The Morgan fingerprint density at radius 2 is 2.21 bits per heavy atom. The normalized spacial score (nSPS) is 11.5. The van der Waals surface area contributed by atoms with E-state index >= 15 is 0 Å². The third-order valence-electron chi connectivity index (χ3n) is 2.72. The fraction of sp³-hybridized carbons (Fsp3) is 0.308. The van der Waals surface area contributed by atoms with Gasteiger partial charge in [0, 0.05) is 5.56 Å². The van der Waals surface area contributed by atoms with Crippen molar-refractivity contribution in [1.29, 1.82) is 0 Å². The summed E-state index contributed by atoms with van der Waals surface area (Å²) in [4.78, 5) is 11.1. The molecule has 19 heavy (non-hydrogen) atoms. The summed E-state index contributed by atoms with van der Waals surface area (Å²) in [6, 6.07) is 7.02. The van der Waals surface area contributed by atoms with Gasteiger partial charge < -0.3 is 10.8 Å². The monoisotopic (exact) mass is 260 g/mol. The summed E-state index contributed by atoms with van der Waals surface area (Å²) in [7, 11) is 0. The zero-order valence-electron chi connectivity index (χ0n) is 10.9. The number of carbonyl (C=O) groups excluding carboxylic acids is 1. The predicted octanol–water partition coefficient (Wildman–Crippen LogP) is 0.653. The van der Waals surface area contributed by atoms with Gasteiger partial charge in [-0.3, -0.25) is 4.79 Å². The van der Waals surface area contributed by atoms with Crippen molar-refractivity contribution in [3.63, 3.8) is 0 Å². The van der Waals surface area contributed by atoms with Crippen molar-refractivity contribution in [3.8, 4) is 0 Å². The van der Waals surface area contributed by atoms with E-state index in [9.17, 15) is 9.90 Å². The summed E-state index contributed by atoms with van der Waals surface area (Å²) >= 11 is 0. The largest absolute Gasteiger partial charge is 0.384 e. The first-order valence-corrected chi connectivity index (χ1v) is 5.88. The zero-order valence-corrected chi connectivity index (χ0v) is 10.9. The minimum atomic E-state index is -1.02. The van der Waals surface area contributed by atoms with Crippen molar-refractivity contribution < 1.29 is 9.90 Å². The number of nitrogens with zero attached hydrogens (tertiary/aromatic N) is 3. The van der Waals surface area contributed by atoms with Gasteiger partial charge in [-0.15, -0.1) is 5.10 Å². The molecule has 2 rings (SSSR count). The van der Waals surface area contributed by atoms with Crippen LogP contribution in [-0.2, 0) is 12.1 Å². The maximum Gasteiger partial charge on any atom is 0.248 e. The summed E-state index contributed by atoms with van der Waals surface area (Å²) in [5, 5.41) is 17.7. The third kappa shape index (κ3) is 3.17. The highest BCUT2D eigenvalue weighted by Crippen LogP contribution is 2.16. The van der Waals surface area contributed by atoms with Crippen molar-refractivity contribution in [3.05, 3.63) is 47.3 Å². The standard InChI is InChI=1S/C13H16N4O2/c1-13(2,19)11-8-17(16-15-11)7-9-4-3-5-10(6-9)12(14)18/h3-6,8,19H,7H2,1-2H3,(H2,14,18). The van der Waals surface area contributed by atoms with Gasteiger partial charge in [-0.1, -0.05) is 17.3 Å². The van der Waals surface area contributed by atoms with Crippen molar-refractivity contribution in [2.45, 2.75) is 26.0 Å². The molecule has 0 bridgehead atoms. The first-order chi connectivity index (χ1) is 8.86. The van der Waals surface area contributed by atoms with Crippen molar-refractivity contribution >= 4 is 5.91 Å². The Labute approximate surface area is 110 Å². The van der Waals surface area contributed by atoms with Gasteiger partial charge in [-0.25, -0.2) is 4.68 Å². The van der Waals surface area contributed by atoms with Crippen LogP contribution in [-0.4, -0.2) is 26.0 Å². The molecular formula is C13H16N4O2. The maximum absolute atomic E-state index is 11.1. The van der Waals surface area contributed by atoms with E-state index in [-0.39, 0.29) is 0 Å². The highest BCUT2D eigenvalue weighted by Gasteiger charge is 2.20. The Morgan fingerprint density at radius 3 is 2.79 bits per heavy atom. The van der Waals surface area contributed by atoms with Crippen molar-refractivity contribution in [1.82, 2.24) is 15.0 Å². The lowest BCUT2D eigenvalue weighted by Gasteiger charge is -2.11. The minimum Gasteiger partial charge on any atom is -0.384 e. The predicted molar refractivity (Wildman–Crippen MR) is 69.3 cm³/mol. The quantitative estimate of drug-likeness (QED) is 0.844. The number of primary amides is 1. The van der Waals surface area contributed by atoms with E-state index in [1.807, 2.05) is 6.07 Å². The summed E-state index contributed by atoms with van der Waals surface area (Å²) in [6.07, 6.45) is 1.68. The second kappa shape index (κ2) is 4.81. The molecule has 0 fully saturated rings. The van der Waals surface area contributed by atoms with Gasteiger partial charge in [-0.2, -0.15) is 0 Å². The molecular weight excluding hydrogens is 244 g/mol. The van der Waals surface area contributed by atoms with E-state index in [0.29, 0.717) is 17.8 Å². The molecule has 0 aliphatic rings. The Morgan fingerprint density at radius 1 is 1.47 bits per heavy atom. The third-order valence-corrected chi connectivity index (χ3v) is 2.72. The zero-order chi connectivity index (χ0) is 14.0. The molecule has 3 N–H and O–H groups in total. The molecule has 0 unspecified atom stereocenters. The molecule has 0 radical (unpaired) electrons. The molecule has 6 heteroatoms. The number of hydrogen-bond donors (Lipinski definition) is 2. The van der Waals surface area contributed by atoms with Crippen LogP contribution >= 0.6 is 0 Å². The molecule has 1 aromatic heterocycles. The smallest absolute Gasteiger partial charge is 0.248 e. The number of aliphatic hydroxyl groups is 1. The first-order valence-electron chi connectivity index (χ1n) is 5.88. The van der Waals surface area contributed by atoms with Gasteiger partial charge in [0.2, 0.25) is 5.91 Å². The number of benzene rings is 1. The van der Waals surface area contributed by atoms with E-state index in [2.05, 4.69) is 10.3 Å². The van der Waals surface area contributed by atoms with Crippen molar-refractivity contribution in [2.75, 3.05) is 0 Å². The van der Waals surface area contributed by atoms with Gasteiger partial charge in [-0.05, 0) is 31.5 Å². The number of nitrogens with two attached hydrogens (primary N) is 1. The molecule has 6 nitrogen and oxygen atoms in total. The van der Waals surface area contributed by atoms with E-state index in [4.69, 9.17) is 5.73 Å². The number of aromatic nitrogens is 3. The van der Waals surface area contributed by atoms with Gasteiger partial charge in [0.15, 0.2) is 0 Å². The van der Waals surface area contributed by atoms with Crippen molar-refractivity contribution in [2.24, 2.45) is 5.73 Å². The second-order valence-corrected chi connectivity index (χ2v) is 4.93. The molecule has 100 valence electrons. The Balaban J connectivity index is 2.19. The molecule has 0 aliphatic carbocycles. The van der Waals surface area contributed by atoms with Crippen LogP contribution in [0.15, 0.2) is 30.5 Å². The highest BCUT2D eigenvalue weighted by atomic mass is 16.3. The van der Waals surface area contributed by atoms with Gasteiger partial charge >= 0.3 is 0 Å². The second-order valence-electron chi connectivity index (χ2n) is 4.93. The van der Waals surface area contributed by atoms with Crippen LogP contribution in [0, 0.1) is 0 Å². The number of hydrogen-bond acceptors (Lipinski definition) is 4. The fourth-order valence-electron chi connectivity index (χ4n) is 1.67. The van der Waals surface area contributed by atoms with Crippen LogP contribution < -0.4 is 5.73 Å². The Hall–Kier alpha value is -2.21. The fourth-order valence-corrected chi connectivity index (χ4v) is 1.67. The molecule has 0 atom stereocenters. The lowest BCUT2D eigenvalue weighted by atomic mass is 10.1. The summed E-state index contributed by atoms with van der Waals surface area (Å²) in [6.45, 7) is 3.76. The molecule has 0 saturated heterocycles. The molecule has 0 aliphatic heterocycles. The average Bonchev–Trinajstić information content (AvgIpc) is 2.77. The van der Waals surface area contributed by atoms with Crippen LogP contribution in [0.5, 0.6) is 0 Å². The highest BCUT2D eigenvalue weighted by molar-refractivity contribution is 5.92. The summed E-state index contributed by atoms with van der Waals surface area (Å²) < 4.78 is 1.60. The SMILES string of the molecule is CC(C)(O)c1cn(Cc2cccc(C(N)=O)c2)nn1. The van der Waals surface area contributed by atoms with E-state index < -0.39 is 11.5 Å². The molecule has 0 spiro atoms. The molecule has 1 amide bonds. The molecule has 1 heterocycles. The van der Waals surface area contributed by atoms with E-state index in [0.717, 1.165) is 5.56 Å². The van der Waals surface area contributed by atoms with E-state index in [1.165, 1.54) is 0 Å². The van der Waals surface area contributed by atoms with Crippen LogP contribution in [0.2, 0.25) is 0 Å².